The van der Waals surface area contributed by atoms with Gasteiger partial charge in [-0.3, -0.25) is 14.4 Å². The van der Waals surface area contributed by atoms with Crippen LogP contribution in [0.2, 0.25) is 0 Å². The van der Waals surface area contributed by atoms with Crippen LogP contribution in [-0.4, -0.2) is 31.1 Å². The predicted molar refractivity (Wildman–Crippen MR) is 138 cm³/mol. The number of ether oxygens (including phenoxy) is 1. The normalized spacial score (nSPS) is 15.1. The van der Waals surface area contributed by atoms with Gasteiger partial charge in [0.1, 0.15) is 5.76 Å². The standard InChI is InChI=1S/C29H26N2O5/c1-18-25(32)22-13-7-14-23(27(22)36-26(18)19-9-3-2-4-10-19)29(34)31-24-15-6-5-12-21(24)28(33)30-17-20-11-8-16-35-20/h2-7,9-10,12-15,20H,8,11,16-17H2,1H3,(H,30,33)(H,31,34). The molecule has 0 bridgehead atoms. The number of rotatable bonds is 6. The van der Waals surface area contributed by atoms with Crippen molar-refractivity contribution in [1.29, 1.82) is 0 Å². The van der Waals surface area contributed by atoms with Crippen LogP contribution in [-0.2, 0) is 4.74 Å². The van der Waals surface area contributed by atoms with Gasteiger partial charge in [-0.15, -0.1) is 0 Å². The van der Waals surface area contributed by atoms with Gasteiger partial charge in [-0.25, -0.2) is 0 Å². The Morgan fingerprint density at radius 2 is 1.67 bits per heavy atom. The highest BCUT2D eigenvalue weighted by molar-refractivity contribution is 6.13. The summed E-state index contributed by atoms with van der Waals surface area (Å²) in [6.07, 6.45) is 1.91. The van der Waals surface area contributed by atoms with E-state index in [1.165, 1.54) is 0 Å². The van der Waals surface area contributed by atoms with E-state index in [0.29, 0.717) is 41.1 Å². The molecule has 182 valence electrons. The quantitative estimate of drug-likeness (QED) is 0.406. The molecule has 0 aliphatic carbocycles. The van der Waals surface area contributed by atoms with E-state index in [-0.39, 0.29) is 28.6 Å². The van der Waals surface area contributed by atoms with E-state index in [2.05, 4.69) is 10.6 Å². The molecule has 0 saturated carbocycles. The van der Waals surface area contributed by atoms with Crippen molar-refractivity contribution in [3.8, 4) is 11.3 Å². The van der Waals surface area contributed by atoms with E-state index in [9.17, 15) is 14.4 Å². The minimum atomic E-state index is -0.481. The number of amides is 2. The van der Waals surface area contributed by atoms with Crippen molar-refractivity contribution in [2.24, 2.45) is 0 Å². The number of anilines is 1. The molecule has 3 aromatic carbocycles. The Morgan fingerprint density at radius 3 is 2.44 bits per heavy atom. The highest BCUT2D eigenvalue weighted by Crippen LogP contribution is 2.28. The zero-order chi connectivity index (χ0) is 25.1. The fourth-order valence-electron chi connectivity index (χ4n) is 4.44. The fourth-order valence-corrected chi connectivity index (χ4v) is 4.44. The summed E-state index contributed by atoms with van der Waals surface area (Å²) in [5, 5.41) is 6.04. The van der Waals surface area contributed by atoms with Gasteiger partial charge in [0.2, 0.25) is 0 Å². The maximum Gasteiger partial charge on any atom is 0.259 e. The molecule has 2 heterocycles. The molecule has 7 nitrogen and oxygen atoms in total. The first-order chi connectivity index (χ1) is 17.5. The van der Waals surface area contributed by atoms with E-state index in [4.69, 9.17) is 9.15 Å². The maximum absolute atomic E-state index is 13.4. The zero-order valence-electron chi connectivity index (χ0n) is 19.9. The number of nitrogens with one attached hydrogen (secondary N) is 2. The van der Waals surface area contributed by atoms with Crippen LogP contribution >= 0.6 is 0 Å². The molecule has 1 unspecified atom stereocenters. The molecule has 7 heteroatoms. The van der Waals surface area contributed by atoms with Crippen molar-refractivity contribution < 1.29 is 18.7 Å². The Kier molecular flexibility index (Phi) is 6.64. The molecule has 1 saturated heterocycles. The molecule has 1 aliphatic heterocycles. The van der Waals surface area contributed by atoms with E-state index in [1.54, 1.807) is 49.4 Å². The molecule has 1 aliphatic rings. The Labute approximate surface area is 208 Å². The molecular formula is C29H26N2O5. The number of benzene rings is 3. The summed E-state index contributed by atoms with van der Waals surface area (Å²) < 4.78 is 11.7. The van der Waals surface area contributed by atoms with Crippen LogP contribution in [0.3, 0.4) is 0 Å². The van der Waals surface area contributed by atoms with Crippen LogP contribution in [0.1, 0.15) is 39.1 Å². The van der Waals surface area contributed by atoms with E-state index in [0.717, 1.165) is 18.4 Å². The lowest BCUT2D eigenvalue weighted by Crippen LogP contribution is -2.32. The minimum absolute atomic E-state index is 0.0107. The van der Waals surface area contributed by atoms with Gasteiger partial charge in [-0.2, -0.15) is 0 Å². The molecule has 4 aromatic rings. The second-order valence-corrected chi connectivity index (χ2v) is 8.78. The molecule has 1 aromatic heterocycles. The van der Waals surface area contributed by atoms with Gasteiger partial charge in [-0.1, -0.05) is 48.5 Å². The number of carbonyl (C=O) groups is 2. The maximum atomic E-state index is 13.4. The smallest absolute Gasteiger partial charge is 0.259 e. The lowest BCUT2D eigenvalue weighted by atomic mass is 10.0. The van der Waals surface area contributed by atoms with E-state index >= 15 is 0 Å². The molecular weight excluding hydrogens is 456 g/mol. The third-order valence-corrected chi connectivity index (χ3v) is 6.36. The highest BCUT2D eigenvalue weighted by atomic mass is 16.5. The number of hydrogen-bond acceptors (Lipinski definition) is 5. The van der Waals surface area contributed by atoms with Crippen LogP contribution in [0.25, 0.3) is 22.3 Å². The van der Waals surface area contributed by atoms with Crippen LogP contribution in [0.15, 0.2) is 82.0 Å². The third kappa shape index (κ3) is 4.65. The Hall–Kier alpha value is -4.23. The van der Waals surface area contributed by atoms with Gasteiger partial charge < -0.3 is 19.8 Å². The first-order valence-corrected chi connectivity index (χ1v) is 11.9. The first-order valence-electron chi connectivity index (χ1n) is 11.9. The summed E-state index contributed by atoms with van der Waals surface area (Å²) in [6, 6.07) is 21.0. The highest BCUT2D eigenvalue weighted by Gasteiger charge is 2.21. The van der Waals surface area contributed by atoms with E-state index < -0.39 is 5.91 Å². The van der Waals surface area contributed by atoms with Crippen LogP contribution in [0.5, 0.6) is 0 Å². The van der Waals surface area contributed by atoms with Gasteiger partial charge in [0.25, 0.3) is 11.8 Å². The fraction of sp³-hybridized carbons (Fsp3) is 0.207. The van der Waals surface area contributed by atoms with E-state index in [1.807, 2.05) is 30.3 Å². The van der Waals surface area contributed by atoms with Crippen LogP contribution < -0.4 is 16.1 Å². The summed E-state index contributed by atoms with van der Waals surface area (Å²) in [4.78, 5) is 39.4. The molecule has 1 atom stereocenters. The molecule has 1 fully saturated rings. The Balaban J connectivity index is 1.47. The van der Waals surface area contributed by atoms with Gasteiger partial charge in [0.15, 0.2) is 11.0 Å². The van der Waals surface area contributed by atoms with Gasteiger partial charge >= 0.3 is 0 Å². The second kappa shape index (κ2) is 10.2. The number of para-hydroxylation sites is 2. The molecule has 36 heavy (non-hydrogen) atoms. The summed E-state index contributed by atoms with van der Waals surface area (Å²) in [5.74, 6) is -0.360. The zero-order valence-corrected chi connectivity index (χ0v) is 19.9. The van der Waals surface area contributed by atoms with Crippen molar-refractivity contribution >= 4 is 28.5 Å². The lowest BCUT2D eigenvalue weighted by molar-refractivity contribution is 0.0858. The number of fused-ring (bicyclic) bond motifs is 1. The monoisotopic (exact) mass is 482 g/mol. The number of carbonyl (C=O) groups excluding carboxylic acids is 2. The molecule has 0 spiro atoms. The third-order valence-electron chi connectivity index (χ3n) is 6.36. The van der Waals surface area contributed by atoms with Crippen LogP contribution in [0, 0.1) is 6.92 Å². The average molecular weight is 483 g/mol. The summed E-state index contributed by atoms with van der Waals surface area (Å²) >= 11 is 0. The van der Waals surface area contributed by atoms with Crippen molar-refractivity contribution in [1.82, 2.24) is 5.32 Å². The summed E-state index contributed by atoms with van der Waals surface area (Å²) in [6.45, 7) is 2.84. The van der Waals surface area contributed by atoms with Crippen LogP contribution in [0.4, 0.5) is 5.69 Å². The van der Waals surface area contributed by atoms with Crippen molar-refractivity contribution in [2.75, 3.05) is 18.5 Å². The minimum Gasteiger partial charge on any atom is -0.455 e. The first kappa shape index (κ1) is 23.5. The largest absolute Gasteiger partial charge is 0.455 e. The summed E-state index contributed by atoms with van der Waals surface area (Å²) in [7, 11) is 0. The van der Waals surface area contributed by atoms with Gasteiger partial charge in [0.05, 0.1) is 28.3 Å². The van der Waals surface area contributed by atoms with Crippen molar-refractivity contribution in [3.63, 3.8) is 0 Å². The van der Waals surface area contributed by atoms with Gasteiger partial charge in [-0.05, 0) is 44.0 Å². The summed E-state index contributed by atoms with van der Waals surface area (Å²) in [5.41, 5.74) is 2.13. The second-order valence-electron chi connectivity index (χ2n) is 8.78. The van der Waals surface area contributed by atoms with Crippen molar-refractivity contribution in [3.05, 3.63) is 99.7 Å². The molecule has 0 radical (unpaired) electrons. The topological polar surface area (TPSA) is 97.6 Å². The molecule has 2 N–H and O–H groups in total. The number of hydrogen-bond donors (Lipinski definition) is 2. The Bertz CT molecular complexity index is 1490. The molecule has 2 amide bonds. The SMILES string of the molecule is Cc1c(-c2ccccc2)oc2c(C(=O)Nc3ccccc3C(=O)NCC3CCCO3)cccc2c1=O. The van der Waals surface area contributed by atoms with Gasteiger partial charge in [0, 0.05) is 24.3 Å². The van der Waals surface area contributed by atoms with Crippen molar-refractivity contribution in [2.45, 2.75) is 25.9 Å². The lowest BCUT2D eigenvalue weighted by Gasteiger charge is -2.14. The molecule has 5 rings (SSSR count). The predicted octanol–water partition coefficient (Wildman–Crippen LogP) is 4.93. The Morgan fingerprint density at radius 1 is 0.917 bits per heavy atom. The average Bonchev–Trinajstić information content (AvgIpc) is 3.43.